The van der Waals surface area contributed by atoms with Crippen molar-refractivity contribution in [3.8, 4) is 0 Å². The highest BCUT2D eigenvalue weighted by molar-refractivity contribution is 5.93. The highest BCUT2D eigenvalue weighted by atomic mass is 16.5. The van der Waals surface area contributed by atoms with E-state index >= 15 is 0 Å². The Labute approximate surface area is 148 Å². The molecule has 4 bridgehead atoms. The van der Waals surface area contributed by atoms with Crippen LogP contribution in [0.25, 0.3) is 0 Å². The average molecular weight is 349 g/mol. The molecule has 4 rings (SSSR count). The zero-order valence-corrected chi connectivity index (χ0v) is 15.0. The van der Waals surface area contributed by atoms with Gasteiger partial charge in [-0.25, -0.2) is 9.59 Å². The summed E-state index contributed by atoms with van der Waals surface area (Å²) in [6.45, 7) is 3.48. The minimum atomic E-state index is -0.882. The smallest absolute Gasteiger partial charge is 0.331 e. The Morgan fingerprint density at radius 3 is 2.08 bits per heavy atom. The van der Waals surface area contributed by atoms with Crippen LogP contribution in [0.1, 0.15) is 52.4 Å². The molecule has 138 valence electrons. The van der Waals surface area contributed by atoms with Crippen LogP contribution < -0.4 is 5.32 Å². The van der Waals surface area contributed by atoms with Crippen molar-refractivity contribution >= 4 is 17.8 Å². The molecule has 0 aromatic carbocycles. The predicted molar refractivity (Wildman–Crippen MR) is 90.4 cm³/mol. The molecule has 1 atom stereocenters. The molecule has 6 nitrogen and oxygen atoms in total. The lowest BCUT2D eigenvalue weighted by Crippen LogP contribution is -2.61. The second-order valence-electron chi connectivity index (χ2n) is 7.85. The summed E-state index contributed by atoms with van der Waals surface area (Å²) < 4.78 is 9.80. The summed E-state index contributed by atoms with van der Waals surface area (Å²) in [5.74, 6) is 0.622. The first kappa shape index (κ1) is 18.0. The molecule has 0 aromatic rings. The second kappa shape index (κ2) is 7.18. The third kappa shape index (κ3) is 4.22. The van der Waals surface area contributed by atoms with Crippen molar-refractivity contribution in [3.05, 3.63) is 12.2 Å². The quantitative estimate of drug-likeness (QED) is 0.587. The Balaban J connectivity index is 1.51. The molecule has 6 heteroatoms. The third-order valence-electron chi connectivity index (χ3n) is 5.73. The fraction of sp³-hybridized carbons (Fsp3) is 0.737. The molecule has 1 N–H and O–H groups in total. The van der Waals surface area contributed by atoms with Gasteiger partial charge in [-0.1, -0.05) is 0 Å². The highest BCUT2D eigenvalue weighted by Gasteiger charge is 2.51. The van der Waals surface area contributed by atoms with Crippen molar-refractivity contribution in [1.29, 1.82) is 0 Å². The van der Waals surface area contributed by atoms with Gasteiger partial charge in [-0.2, -0.15) is 0 Å². The maximum absolute atomic E-state index is 12.5. The lowest BCUT2D eigenvalue weighted by atomic mass is 9.53. The standard InChI is InChI=1S/C19H27NO5/c1-3-24-16(21)4-5-17(22)25-12(2)18(23)20-19-9-13-6-14(10-19)8-15(7-13)11-19/h4-5,12-15H,3,6-11H2,1-2H3,(H,20,23)/b5-4+/t12-,13?,14?,15?,19?/m0/s1. The van der Waals surface area contributed by atoms with E-state index in [0.717, 1.165) is 49.2 Å². The molecule has 0 aliphatic heterocycles. The van der Waals surface area contributed by atoms with Crippen molar-refractivity contribution in [1.82, 2.24) is 5.32 Å². The van der Waals surface area contributed by atoms with E-state index in [2.05, 4.69) is 5.32 Å². The monoisotopic (exact) mass is 349 g/mol. The summed E-state index contributed by atoms with van der Waals surface area (Å²) in [6.07, 6.45) is 8.18. The number of ether oxygens (including phenoxy) is 2. The first-order valence-corrected chi connectivity index (χ1v) is 9.26. The summed E-state index contributed by atoms with van der Waals surface area (Å²) in [6, 6.07) is 0. The third-order valence-corrected chi connectivity index (χ3v) is 5.73. The lowest BCUT2D eigenvalue weighted by Gasteiger charge is -2.57. The molecule has 4 aliphatic rings. The SMILES string of the molecule is CCOC(=O)/C=C/C(=O)O[C@@H](C)C(=O)NC12CC3CC(CC(C3)C1)C2. The van der Waals surface area contributed by atoms with E-state index in [0.29, 0.717) is 0 Å². The van der Waals surface area contributed by atoms with E-state index in [9.17, 15) is 14.4 Å². The number of carbonyl (C=O) groups is 3. The van der Waals surface area contributed by atoms with Gasteiger partial charge >= 0.3 is 11.9 Å². The van der Waals surface area contributed by atoms with Crippen LogP contribution in [0.15, 0.2) is 12.2 Å². The van der Waals surface area contributed by atoms with Gasteiger partial charge in [0.1, 0.15) is 0 Å². The molecule has 0 radical (unpaired) electrons. The Hall–Kier alpha value is -1.85. The molecule has 0 saturated heterocycles. The number of esters is 2. The van der Waals surface area contributed by atoms with E-state index < -0.39 is 18.0 Å². The highest BCUT2D eigenvalue weighted by Crippen LogP contribution is 2.55. The van der Waals surface area contributed by atoms with Crippen LogP contribution in [0.2, 0.25) is 0 Å². The zero-order valence-electron chi connectivity index (χ0n) is 15.0. The minimum Gasteiger partial charge on any atom is -0.463 e. The van der Waals surface area contributed by atoms with Gasteiger partial charge in [0, 0.05) is 17.7 Å². The number of hydrogen-bond donors (Lipinski definition) is 1. The van der Waals surface area contributed by atoms with Gasteiger partial charge in [-0.05, 0) is 70.1 Å². The van der Waals surface area contributed by atoms with Gasteiger partial charge in [-0.15, -0.1) is 0 Å². The van der Waals surface area contributed by atoms with E-state index in [-0.39, 0.29) is 18.1 Å². The number of rotatable bonds is 6. The Bertz CT molecular complexity index is 547. The van der Waals surface area contributed by atoms with E-state index in [1.807, 2.05) is 0 Å². The minimum absolute atomic E-state index is 0.104. The number of amides is 1. The summed E-state index contributed by atoms with van der Waals surface area (Å²) in [5.41, 5.74) is -0.104. The number of hydrogen-bond acceptors (Lipinski definition) is 5. The van der Waals surface area contributed by atoms with Crippen molar-refractivity contribution in [2.24, 2.45) is 17.8 Å². The number of carbonyl (C=O) groups excluding carboxylic acids is 3. The van der Waals surface area contributed by atoms with Crippen LogP contribution in [0, 0.1) is 17.8 Å². The van der Waals surface area contributed by atoms with E-state index in [1.165, 1.54) is 19.3 Å². The maximum atomic E-state index is 12.5. The van der Waals surface area contributed by atoms with Crippen LogP contribution in [0.4, 0.5) is 0 Å². The zero-order chi connectivity index (χ0) is 18.0. The summed E-state index contributed by atoms with van der Waals surface area (Å²) in [7, 11) is 0. The first-order chi connectivity index (χ1) is 11.9. The predicted octanol–water partition coefficient (Wildman–Crippen LogP) is 2.12. The van der Waals surface area contributed by atoms with Crippen LogP contribution >= 0.6 is 0 Å². The molecule has 0 unspecified atom stereocenters. The molecule has 25 heavy (non-hydrogen) atoms. The fourth-order valence-electron chi connectivity index (χ4n) is 5.22. The maximum Gasteiger partial charge on any atom is 0.331 e. The van der Waals surface area contributed by atoms with Gasteiger partial charge in [0.25, 0.3) is 5.91 Å². The summed E-state index contributed by atoms with van der Waals surface area (Å²) in [5, 5.41) is 3.18. The molecular formula is C19H27NO5. The Kier molecular flexibility index (Phi) is 5.16. The van der Waals surface area contributed by atoms with Gasteiger partial charge in [0.05, 0.1) is 6.61 Å². The second-order valence-corrected chi connectivity index (χ2v) is 7.85. The summed E-state index contributed by atoms with van der Waals surface area (Å²) in [4.78, 5) is 35.4. The number of nitrogens with one attached hydrogen (secondary N) is 1. The van der Waals surface area contributed by atoms with Crippen LogP contribution in [-0.4, -0.2) is 36.1 Å². The molecule has 4 aliphatic carbocycles. The first-order valence-electron chi connectivity index (χ1n) is 9.26. The van der Waals surface area contributed by atoms with Crippen LogP contribution in [0.3, 0.4) is 0 Å². The van der Waals surface area contributed by atoms with Crippen LogP contribution in [-0.2, 0) is 23.9 Å². The van der Waals surface area contributed by atoms with Crippen molar-refractivity contribution in [3.63, 3.8) is 0 Å². The molecule has 0 aromatic heterocycles. The fourth-order valence-corrected chi connectivity index (χ4v) is 5.22. The Morgan fingerprint density at radius 2 is 1.56 bits per heavy atom. The molecule has 0 heterocycles. The van der Waals surface area contributed by atoms with Crippen molar-refractivity contribution in [2.45, 2.75) is 64.0 Å². The van der Waals surface area contributed by atoms with Crippen molar-refractivity contribution < 1.29 is 23.9 Å². The van der Waals surface area contributed by atoms with Crippen molar-refractivity contribution in [2.75, 3.05) is 6.61 Å². The summed E-state index contributed by atoms with van der Waals surface area (Å²) >= 11 is 0. The van der Waals surface area contributed by atoms with Gasteiger partial charge in [0.2, 0.25) is 0 Å². The van der Waals surface area contributed by atoms with E-state index in [4.69, 9.17) is 9.47 Å². The molecule has 1 amide bonds. The average Bonchev–Trinajstić information content (AvgIpc) is 2.51. The van der Waals surface area contributed by atoms with Gasteiger partial charge in [-0.3, -0.25) is 4.79 Å². The molecule has 0 spiro atoms. The Morgan fingerprint density at radius 1 is 1.04 bits per heavy atom. The largest absolute Gasteiger partial charge is 0.463 e. The van der Waals surface area contributed by atoms with Gasteiger partial charge in [0.15, 0.2) is 6.10 Å². The molecule has 4 saturated carbocycles. The van der Waals surface area contributed by atoms with E-state index in [1.54, 1.807) is 13.8 Å². The normalized spacial score (nSPS) is 33.9. The topological polar surface area (TPSA) is 81.7 Å². The van der Waals surface area contributed by atoms with Crippen LogP contribution in [0.5, 0.6) is 0 Å². The molecular weight excluding hydrogens is 322 g/mol. The van der Waals surface area contributed by atoms with Gasteiger partial charge < -0.3 is 14.8 Å². The lowest BCUT2D eigenvalue weighted by molar-refractivity contribution is -0.152. The molecule has 4 fully saturated rings.